The number of rotatable bonds is 3. The van der Waals surface area contributed by atoms with Crippen LogP contribution in [0.4, 0.5) is 17.1 Å². The average Bonchev–Trinajstić information content (AvgIpc) is 3.61. The zero-order valence-electron chi connectivity index (χ0n) is 29.2. The highest BCUT2D eigenvalue weighted by molar-refractivity contribution is 6.12. The smallest absolute Gasteiger partial charge is 0.137 e. The van der Waals surface area contributed by atoms with E-state index in [9.17, 15) is 0 Å². The lowest BCUT2D eigenvalue weighted by Crippen LogP contribution is -2.36. The molecular formula is C51H31NO2. The molecule has 0 amide bonds. The molecule has 0 fully saturated rings. The molecule has 2 heterocycles. The standard InChI is InChI=1S/C51H31NO2/c1-2-13-33-30-34(25-24-32(33)12-1)52(35-26-27-38-37-15-4-8-21-46(37)53-49(38)31-35)45-29-28-39-36-14-3-5-17-41(36)51(44-20-11-16-40(45)50(39)44)42-18-6-9-22-47(42)54-48-23-10-7-19-43(48)51/h1-31H. The summed E-state index contributed by atoms with van der Waals surface area (Å²) in [4.78, 5) is 2.40. The van der Waals surface area contributed by atoms with Crippen LogP contribution in [0, 0.1) is 0 Å². The lowest BCUT2D eigenvalue weighted by atomic mass is 9.58. The van der Waals surface area contributed by atoms with Crippen LogP contribution in [0.1, 0.15) is 22.3 Å². The molecule has 54 heavy (non-hydrogen) atoms. The molecule has 2 aliphatic rings. The number of fused-ring (bicyclic) bond motifs is 12. The highest BCUT2D eigenvalue weighted by Gasteiger charge is 2.49. The van der Waals surface area contributed by atoms with Crippen LogP contribution in [0.25, 0.3) is 54.6 Å². The van der Waals surface area contributed by atoms with Crippen molar-refractivity contribution in [2.24, 2.45) is 0 Å². The molecule has 0 N–H and O–H groups in total. The van der Waals surface area contributed by atoms with Gasteiger partial charge in [-0.05, 0) is 86.9 Å². The van der Waals surface area contributed by atoms with E-state index in [1.54, 1.807) is 0 Å². The molecule has 1 aromatic heterocycles. The summed E-state index contributed by atoms with van der Waals surface area (Å²) in [5.74, 6) is 1.78. The molecule has 10 aromatic rings. The second kappa shape index (κ2) is 11.0. The summed E-state index contributed by atoms with van der Waals surface area (Å²) in [5, 5.41) is 7.06. The van der Waals surface area contributed by atoms with Gasteiger partial charge in [0.15, 0.2) is 0 Å². The van der Waals surface area contributed by atoms with Gasteiger partial charge in [0, 0.05) is 44.7 Å². The van der Waals surface area contributed by atoms with E-state index in [1.807, 2.05) is 12.1 Å². The Morgan fingerprint density at radius 2 is 1.02 bits per heavy atom. The fraction of sp³-hybridized carbons (Fsp3) is 0.0196. The topological polar surface area (TPSA) is 25.6 Å². The fourth-order valence-electron chi connectivity index (χ4n) is 9.48. The SMILES string of the molecule is c1ccc2c(c1)Oc1ccccc1C21c2ccccc2-c2ccc(N(c3ccc4ccccc4c3)c3ccc4c(c3)oc3ccccc34)c3cccc1c23. The first-order chi connectivity index (χ1) is 26.8. The second-order valence-electron chi connectivity index (χ2n) is 14.4. The van der Waals surface area contributed by atoms with E-state index in [-0.39, 0.29) is 0 Å². The van der Waals surface area contributed by atoms with E-state index in [2.05, 4.69) is 181 Å². The van der Waals surface area contributed by atoms with E-state index >= 15 is 0 Å². The van der Waals surface area contributed by atoms with Crippen molar-refractivity contribution in [3.63, 3.8) is 0 Å². The van der Waals surface area contributed by atoms with Gasteiger partial charge in [0.05, 0.1) is 11.1 Å². The third-order valence-corrected chi connectivity index (χ3v) is 11.7. The van der Waals surface area contributed by atoms with Crippen molar-refractivity contribution >= 4 is 60.5 Å². The van der Waals surface area contributed by atoms with Crippen molar-refractivity contribution in [3.05, 3.63) is 210 Å². The predicted molar refractivity (Wildman–Crippen MR) is 221 cm³/mol. The van der Waals surface area contributed by atoms with E-state index in [1.165, 1.54) is 43.8 Å². The van der Waals surface area contributed by atoms with Crippen molar-refractivity contribution in [2.45, 2.75) is 5.41 Å². The predicted octanol–water partition coefficient (Wildman–Crippen LogP) is 13.8. The third-order valence-electron chi connectivity index (χ3n) is 11.7. The largest absolute Gasteiger partial charge is 0.457 e. The molecule has 252 valence electrons. The Morgan fingerprint density at radius 1 is 0.389 bits per heavy atom. The molecule has 0 atom stereocenters. The molecule has 0 radical (unpaired) electrons. The lowest BCUT2D eigenvalue weighted by molar-refractivity contribution is 0.435. The zero-order valence-corrected chi connectivity index (χ0v) is 29.2. The summed E-state index contributed by atoms with van der Waals surface area (Å²) < 4.78 is 13.1. The lowest BCUT2D eigenvalue weighted by Gasteiger charge is -2.45. The number of hydrogen-bond donors (Lipinski definition) is 0. The van der Waals surface area contributed by atoms with Crippen LogP contribution >= 0.6 is 0 Å². The molecule has 1 aliphatic carbocycles. The van der Waals surface area contributed by atoms with Gasteiger partial charge < -0.3 is 14.1 Å². The number of para-hydroxylation sites is 3. The maximum absolute atomic E-state index is 6.66. The van der Waals surface area contributed by atoms with E-state index in [4.69, 9.17) is 9.15 Å². The van der Waals surface area contributed by atoms with E-state index in [0.717, 1.165) is 61.6 Å². The van der Waals surface area contributed by atoms with E-state index in [0.29, 0.717) is 0 Å². The minimum atomic E-state index is -0.589. The quantitative estimate of drug-likeness (QED) is 0.185. The maximum atomic E-state index is 6.66. The molecule has 0 saturated heterocycles. The van der Waals surface area contributed by atoms with Crippen molar-refractivity contribution in [1.29, 1.82) is 0 Å². The minimum Gasteiger partial charge on any atom is -0.457 e. The molecule has 1 aliphatic heterocycles. The maximum Gasteiger partial charge on any atom is 0.137 e. The number of nitrogens with zero attached hydrogens (tertiary/aromatic N) is 1. The Morgan fingerprint density at radius 3 is 1.87 bits per heavy atom. The first kappa shape index (κ1) is 29.5. The summed E-state index contributed by atoms with van der Waals surface area (Å²) in [7, 11) is 0. The minimum absolute atomic E-state index is 0.589. The van der Waals surface area contributed by atoms with Gasteiger partial charge >= 0.3 is 0 Å². The number of benzene rings is 9. The van der Waals surface area contributed by atoms with Crippen LogP contribution in [0.15, 0.2) is 192 Å². The average molecular weight is 690 g/mol. The Bertz CT molecular complexity index is 3130. The second-order valence-corrected chi connectivity index (χ2v) is 14.4. The van der Waals surface area contributed by atoms with Crippen molar-refractivity contribution < 1.29 is 9.15 Å². The molecule has 0 bridgehead atoms. The first-order valence-corrected chi connectivity index (χ1v) is 18.5. The van der Waals surface area contributed by atoms with Gasteiger partial charge in [0.1, 0.15) is 22.7 Å². The molecule has 3 heteroatoms. The summed E-state index contributed by atoms with van der Waals surface area (Å²) in [6, 6.07) is 67.9. The molecule has 0 saturated carbocycles. The van der Waals surface area contributed by atoms with Crippen molar-refractivity contribution in [2.75, 3.05) is 4.90 Å². The molecular weight excluding hydrogens is 659 g/mol. The van der Waals surface area contributed by atoms with Gasteiger partial charge in [-0.15, -0.1) is 0 Å². The highest BCUT2D eigenvalue weighted by atomic mass is 16.5. The summed E-state index contributed by atoms with van der Waals surface area (Å²) >= 11 is 0. The Labute approximate surface area is 311 Å². The van der Waals surface area contributed by atoms with E-state index < -0.39 is 5.41 Å². The molecule has 12 rings (SSSR count). The Balaban J connectivity index is 1.19. The zero-order chi connectivity index (χ0) is 35.4. The Hall–Kier alpha value is -7.10. The van der Waals surface area contributed by atoms with Crippen LogP contribution < -0.4 is 9.64 Å². The summed E-state index contributed by atoms with van der Waals surface area (Å²) in [6.07, 6.45) is 0. The number of ether oxygens (including phenoxy) is 1. The molecule has 0 unspecified atom stereocenters. The van der Waals surface area contributed by atoms with Gasteiger partial charge in [-0.2, -0.15) is 0 Å². The van der Waals surface area contributed by atoms with Gasteiger partial charge in [-0.3, -0.25) is 0 Å². The summed E-state index contributed by atoms with van der Waals surface area (Å²) in [6.45, 7) is 0. The third kappa shape index (κ3) is 3.90. The monoisotopic (exact) mass is 689 g/mol. The van der Waals surface area contributed by atoms with Crippen LogP contribution in [0.3, 0.4) is 0 Å². The highest BCUT2D eigenvalue weighted by Crippen LogP contribution is 2.61. The van der Waals surface area contributed by atoms with Crippen molar-refractivity contribution in [1.82, 2.24) is 0 Å². The van der Waals surface area contributed by atoms with Gasteiger partial charge in [-0.1, -0.05) is 133 Å². The van der Waals surface area contributed by atoms with Crippen LogP contribution in [-0.2, 0) is 5.41 Å². The van der Waals surface area contributed by atoms with Gasteiger partial charge in [0.25, 0.3) is 0 Å². The van der Waals surface area contributed by atoms with Crippen LogP contribution in [0.2, 0.25) is 0 Å². The van der Waals surface area contributed by atoms with Crippen LogP contribution in [-0.4, -0.2) is 0 Å². The number of hydrogen-bond acceptors (Lipinski definition) is 3. The molecule has 3 nitrogen and oxygen atoms in total. The van der Waals surface area contributed by atoms with Crippen LogP contribution in [0.5, 0.6) is 11.5 Å². The summed E-state index contributed by atoms with van der Waals surface area (Å²) in [5.41, 5.74) is 11.7. The van der Waals surface area contributed by atoms with Crippen molar-refractivity contribution in [3.8, 4) is 22.6 Å². The molecule has 9 aromatic carbocycles. The molecule has 1 spiro atoms. The first-order valence-electron chi connectivity index (χ1n) is 18.5. The number of furan rings is 1. The Kier molecular flexibility index (Phi) is 5.98. The normalized spacial score (nSPS) is 13.5. The number of anilines is 3. The fourth-order valence-corrected chi connectivity index (χ4v) is 9.48. The van der Waals surface area contributed by atoms with Gasteiger partial charge in [0.2, 0.25) is 0 Å². The van der Waals surface area contributed by atoms with Gasteiger partial charge in [-0.25, -0.2) is 0 Å².